The number of oxime groups is 1. The summed E-state index contributed by atoms with van der Waals surface area (Å²) in [6, 6.07) is -0.186. The van der Waals surface area contributed by atoms with Crippen LogP contribution in [0.5, 0.6) is 0 Å². The largest absolute Gasteiger partial charge is 0.409 e. The molecule has 7 nitrogen and oxygen atoms in total. The van der Waals surface area contributed by atoms with Crippen LogP contribution in [0, 0.1) is 5.92 Å². The normalized spacial score (nSPS) is 13.6. The Morgan fingerprint density at radius 2 is 1.81 bits per heavy atom. The zero-order valence-electron chi connectivity index (χ0n) is 9.67. The first-order valence-electron chi connectivity index (χ1n) is 4.87. The highest BCUT2D eigenvalue weighted by atomic mass is 16.4. The van der Waals surface area contributed by atoms with Crippen molar-refractivity contribution in [2.24, 2.45) is 22.5 Å². The second-order valence-electron chi connectivity index (χ2n) is 3.77. The molecule has 0 heterocycles. The fourth-order valence-corrected chi connectivity index (χ4v) is 1.14. The Balaban J connectivity index is 4.81. The van der Waals surface area contributed by atoms with Gasteiger partial charge in [0.15, 0.2) is 5.84 Å². The van der Waals surface area contributed by atoms with Crippen molar-refractivity contribution in [3.63, 3.8) is 0 Å². The van der Waals surface area contributed by atoms with Gasteiger partial charge in [-0.3, -0.25) is 9.59 Å². The number of amidine groups is 1. The highest BCUT2D eigenvalue weighted by Crippen LogP contribution is 2.06. The van der Waals surface area contributed by atoms with Gasteiger partial charge in [0.25, 0.3) is 0 Å². The Morgan fingerprint density at radius 1 is 1.31 bits per heavy atom. The van der Waals surface area contributed by atoms with Gasteiger partial charge >= 0.3 is 0 Å². The molecule has 16 heavy (non-hydrogen) atoms. The Hall–Kier alpha value is -1.79. The number of nitrogens with zero attached hydrogens (tertiary/aromatic N) is 2. The average molecular weight is 230 g/mol. The van der Waals surface area contributed by atoms with Gasteiger partial charge in [-0.2, -0.15) is 0 Å². The van der Waals surface area contributed by atoms with Crippen molar-refractivity contribution in [1.29, 1.82) is 0 Å². The van der Waals surface area contributed by atoms with Gasteiger partial charge in [0.05, 0.1) is 12.5 Å². The molecule has 0 spiro atoms. The number of hydrogen-bond acceptors (Lipinski definition) is 4. The summed E-state index contributed by atoms with van der Waals surface area (Å²) in [4.78, 5) is 23.9. The first kappa shape index (κ1) is 14.2. The van der Waals surface area contributed by atoms with E-state index in [9.17, 15) is 9.59 Å². The highest BCUT2D eigenvalue weighted by Gasteiger charge is 2.26. The Labute approximate surface area is 94.1 Å². The van der Waals surface area contributed by atoms with E-state index in [2.05, 4.69) is 5.16 Å². The van der Waals surface area contributed by atoms with E-state index in [1.54, 1.807) is 13.8 Å². The molecule has 0 saturated carbocycles. The number of amides is 2. The number of carbonyl (C=O) groups excluding carboxylic acids is 2. The number of hydrogen-bond donors (Lipinski definition) is 3. The van der Waals surface area contributed by atoms with Crippen LogP contribution in [0.4, 0.5) is 0 Å². The molecule has 0 saturated heterocycles. The van der Waals surface area contributed by atoms with E-state index in [0.717, 1.165) is 0 Å². The Morgan fingerprint density at radius 3 is 2.12 bits per heavy atom. The molecule has 5 N–H and O–H groups in total. The molecular weight excluding hydrogens is 212 g/mol. The molecule has 0 aromatic rings. The summed E-state index contributed by atoms with van der Waals surface area (Å²) in [5.74, 6) is -1.98. The van der Waals surface area contributed by atoms with E-state index in [0.29, 0.717) is 0 Å². The van der Waals surface area contributed by atoms with E-state index >= 15 is 0 Å². The maximum atomic E-state index is 11.9. The van der Waals surface area contributed by atoms with Crippen molar-refractivity contribution in [3.8, 4) is 0 Å². The van der Waals surface area contributed by atoms with Crippen LogP contribution in [0.15, 0.2) is 5.16 Å². The monoisotopic (exact) mass is 230 g/mol. The van der Waals surface area contributed by atoms with Gasteiger partial charge in [0.2, 0.25) is 11.8 Å². The van der Waals surface area contributed by atoms with Crippen LogP contribution in [0.3, 0.4) is 0 Å². The molecule has 0 rings (SSSR count). The highest BCUT2D eigenvalue weighted by molar-refractivity contribution is 6.02. The fraction of sp³-hybridized carbons (Fsp3) is 0.667. The third kappa shape index (κ3) is 3.76. The van der Waals surface area contributed by atoms with Gasteiger partial charge in [-0.1, -0.05) is 5.16 Å². The van der Waals surface area contributed by atoms with E-state index in [1.807, 2.05) is 0 Å². The second-order valence-corrected chi connectivity index (χ2v) is 3.77. The number of nitrogens with two attached hydrogens (primary N) is 2. The molecule has 0 aliphatic heterocycles. The van der Waals surface area contributed by atoms with Crippen LogP contribution in [-0.2, 0) is 9.59 Å². The zero-order valence-corrected chi connectivity index (χ0v) is 9.67. The first-order chi connectivity index (χ1) is 7.31. The first-order valence-corrected chi connectivity index (χ1v) is 4.87. The summed E-state index contributed by atoms with van der Waals surface area (Å²) in [6.45, 7) is 4.81. The minimum atomic E-state index is -0.785. The predicted molar refractivity (Wildman–Crippen MR) is 58.6 cm³/mol. The number of rotatable bonds is 5. The maximum Gasteiger partial charge on any atom is 0.237 e. The van der Waals surface area contributed by atoms with Crippen molar-refractivity contribution in [2.45, 2.75) is 26.8 Å². The van der Waals surface area contributed by atoms with Crippen molar-refractivity contribution in [1.82, 2.24) is 4.90 Å². The van der Waals surface area contributed by atoms with Gasteiger partial charge in [-0.05, 0) is 20.8 Å². The van der Waals surface area contributed by atoms with Gasteiger partial charge in [0.1, 0.15) is 0 Å². The van der Waals surface area contributed by atoms with Crippen LogP contribution in [-0.4, -0.2) is 40.3 Å². The summed E-state index contributed by atoms with van der Waals surface area (Å²) in [5, 5.41) is 11.2. The topological polar surface area (TPSA) is 122 Å². The standard InChI is InChI=1S/C9H18N4O3/c1-5(2)13(4-7(10)14)9(15)6(3)8(11)12-16/h5-6,16H,4H2,1-3H3,(H2,10,14)(H2,11,12). The Bertz CT molecular complexity index is 301. The van der Waals surface area contributed by atoms with Crippen LogP contribution in [0.25, 0.3) is 0 Å². The lowest BCUT2D eigenvalue weighted by Crippen LogP contribution is -2.47. The summed E-state index contributed by atoms with van der Waals surface area (Å²) >= 11 is 0. The van der Waals surface area contributed by atoms with Crippen molar-refractivity contribution in [3.05, 3.63) is 0 Å². The second kappa shape index (κ2) is 5.94. The van der Waals surface area contributed by atoms with Gasteiger partial charge in [-0.25, -0.2) is 0 Å². The van der Waals surface area contributed by atoms with E-state index < -0.39 is 17.7 Å². The van der Waals surface area contributed by atoms with E-state index in [4.69, 9.17) is 16.7 Å². The molecule has 2 amide bonds. The molecular formula is C9H18N4O3. The minimum Gasteiger partial charge on any atom is -0.409 e. The molecule has 0 bridgehead atoms. The lowest BCUT2D eigenvalue weighted by Gasteiger charge is -2.27. The van der Waals surface area contributed by atoms with Crippen LogP contribution < -0.4 is 11.5 Å². The quantitative estimate of drug-likeness (QED) is 0.245. The predicted octanol–water partition coefficient (Wildman–Crippen LogP) is -0.909. The molecule has 92 valence electrons. The molecule has 0 aliphatic rings. The van der Waals surface area contributed by atoms with E-state index in [-0.39, 0.29) is 18.4 Å². The minimum absolute atomic E-state index is 0.181. The smallest absolute Gasteiger partial charge is 0.237 e. The molecule has 0 radical (unpaired) electrons. The molecule has 7 heteroatoms. The van der Waals surface area contributed by atoms with Crippen LogP contribution in [0.2, 0.25) is 0 Å². The molecule has 0 aromatic carbocycles. The third-order valence-corrected chi connectivity index (χ3v) is 2.16. The molecule has 1 atom stereocenters. The van der Waals surface area contributed by atoms with Crippen LogP contribution >= 0.6 is 0 Å². The van der Waals surface area contributed by atoms with Crippen LogP contribution in [0.1, 0.15) is 20.8 Å². The summed E-state index contributed by atoms with van der Waals surface area (Å²) in [7, 11) is 0. The third-order valence-electron chi connectivity index (χ3n) is 2.16. The molecule has 0 aromatic heterocycles. The Kier molecular flexibility index (Phi) is 5.27. The molecule has 1 unspecified atom stereocenters. The summed E-state index contributed by atoms with van der Waals surface area (Å²) in [5.41, 5.74) is 10.4. The lowest BCUT2D eigenvalue weighted by atomic mass is 10.1. The SMILES string of the molecule is CC(C(=O)N(CC(N)=O)C(C)C)C(N)=NO. The molecule has 0 aliphatic carbocycles. The van der Waals surface area contributed by atoms with Crippen molar-refractivity contribution < 1.29 is 14.8 Å². The summed E-state index contributed by atoms with van der Waals surface area (Å²) < 4.78 is 0. The molecule has 0 fully saturated rings. The maximum absolute atomic E-state index is 11.9. The number of primary amides is 1. The van der Waals surface area contributed by atoms with Gasteiger partial charge < -0.3 is 21.6 Å². The van der Waals surface area contributed by atoms with E-state index in [1.165, 1.54) is 11.8 Å². The van der Waals surface area contributed by atoms with Crippen molar-refractivity contribution >= 4 is 17.6 Å². The van der Waals surface area contributed by atoms with Gasteiger partial charge in [-0.15, -0.1) is 0 Å². The number of carbonyl (C=O) groups is 2. The van der Waals surface area contributed by atoms with Crippen molar-refractivity contribution in [2.75, 3.05) is 6.54 Å². The fourth-order valence-electron chi connectivity index (χ4n) is 1.14. The van der Waals surface area contributed by atoms with Gasteiger partial charge in [0, 0.05) is 6.04 Å². The average Bonchev–Trinajstić information content (AvgIpc) is 2.22. The zero-order chi connectivity index (χ0) is 12.9. The lowest BCUT2D eigenvalue weighted by molar-refractivity contribution is -0.138. The summed E-state index contributed by atoms with van der Waals surface area (Å²) in [6.07, 6.45) is 0.